The van der Waals surface area contributed by atoms with E-state index in [2.05, 4.69) is 244 Å². The van der Waals surface area contributed by atoms with Crippen LogP contribution in [0.25, 0.3) is 61.3 Å². The van der Waals surface area contributed by atoms with Gasteiger partial charge in [0.2, 0.25) is 0 Å². The largest absolute Gasteiger partial charge is 0.378 e. The molecule has 2 aliphatic heterocycles. The van der Waals surface area contributed by atoms with Crippen LogP contribution in [0.3, 0.4) is 0 Å². The molecule has 3 nitrogen and oxygen atoms in total. The van der Waals surface area contributed by atoms with E-state index in [1.54, 1.807) is 0 Å². The summed E-state index contributed by atoms with van der Waals surface area (Å²) in [5.41, 5.74) is 17.5. The molecule has 5 unspecified atom stereocenters. The summed E-state index contributed by atoms with van der Waals surface area (Å²) < 4.78 is 0. The van der Waals surface area contributed by atoms with Crippen molar-refractivity contribution in [1.82, 2.24) is 15.5 Å². The molecule has 2 bridgehead atoms. The standard InChI is InChI=1S/C60H55N3/c1-6-14-43-22-32-50(37-40(43)3)46-27-30-48(31-28-46)60-62-59(53-21-13-36-63(60)42(53)5)57-35-34-56(54-19-11-12-20-55(54)57)58(52-18-10-7-15-39(52)2)61-41(4)44-23-25-47(26-24-44)51-33-29-45-16-8-9-17-49(45)38-51/h6-35,37-39,41-42,60-62H,36H2,1-5H3/b14-6-,58-52-. The van der Waals surface area contributed by atoms with Gasteiger partial charge in [0, 0.05) is 47.1 Å². The van der Waals surface area contributed by atoms with Crippen molar-refractivity contribution in [2.75, 3.05) is 6.54 Å². The van der Waals surface area contributed by atoms with Crippen molar-refractivity contribution in [2.24, 2.45) is 5.92 Å². The molecule has 1 aliphatic carbocycles. The number of rotatable bonds is 9. The van der Waals surface area contributed by atoms with Crippen LogP contribution in [-0.4, -0.2) is 17.5 Å². The predicted molar refractivity (Wildman–Crippen MR) is 269 cm³/mol. The first kappa shape index (κ1) is 40.2. The van der Waals surface area contributed by atoms with Gasteiger partial charge in [0.1, 0.15) is 6.17 Å². The van der Waals surface area contributed by atoms with E-state index in [1.165, 1.54) is 99.7 Å². The van der Waals surface area contributed by atoms with Crippen molar-refractivity contribution in [1.29, 1.82) is 0 Å². The van der Waals surface area contributed by atoms with Crippen molar-refractivity contribution >= 4 is 39.0 Å². The molecular weight excluding hydrogens is 763 g/mol. The van der Waals surface area contributed by atoms with Gasteiger partial charge in [-0.15, -0.1) is 0 Å². The maximum absolute atomic E-state index is 4.10. The minimum absolute atomic E-state index is 0.0304. The van der Waals surface area contributed by atoms with Gasteiger partial charge in [-0.25, -0.2) is 0 Å². The summed E-state index contributed by atoms with van der Waals surface area (Å²) in [6.45, 7) is 12.1. The van der Waals surface area contributed by atoms with Crippen molar-refractivity contribution in [2.45, 2.75) is 52.9 Å². The number of allylic oxidation sites excluding steroid dienone is 6. The van der Waals surface area contributed by atoms with Gasteiger partial charge >= 0.3 is 0 Å². The highest BCUT2D eigenvalue weighted by Gasteiger charge is 2.35. The monoisotopic (exact) mass is 817 g/mol. The van der Waals surface area contributed by atoms with Gasteiger partial charge in [0.05, 0.1) is 0 Å². The molecule has 2 N–H and O–H groups in total. The smallest absolute Gasteiger partial charge is 0.106 e. The maximum Gasteiger partial charge on any atom is 0.106 e. The lowest BCUT2D eigenvalue weighted by Crippen LogP contribution is -2.49. The second-order valence-electron chi connectivity index (χ2n) is 17.5. The fourth-order valence-corrected chi connectivity index (χ4v) is 9.93. The second-order valence-corrected chi connectivity index (χ2v) is 17.5. The molecule has 7 aromatic rings. The van der Waals surface area contributed by atoms with E-state index in [9.17, 15) is 0 Å². The van der Waals surface area contributed by atoms with Gasteiger partial charge in [-0.3, -0.25) is 4.90 Å². The van der Waals surface area contributed by atoms with E-state index in [0.717, 1.165) is 6.54 Å². The predicted octanol–water partition coefficient (Wildman–Crippen LogP) is 14.8. The Hall–Kier alpha value is -6.94. The van der Waals surface area contributed by atoms with Gasteiger partial charge in [-0.2, -0.15) is 0 Å². The van der Waals surface area contributed by atoms with Crippen molar-refractivity contribution in [3.63, 3.8) is 0 Å². The number of aryl methyl sites for hydroxylation is 1. The second kappa shape index (κ2) is 17.1. The van der Waals surface area contributed by atoms with Crippen LogP contribution in [0.1, 0.15) is 73.3 Å². The summed E-state index contributed by atoms with van der Waals surface area (Å²) in [5.74, 6) is 0.260. The Labute approximate surface area is 373 Å². The highest BCUT2D eigenvalue weighted by atomic mass is 15.3. The minimum atomic E-state index is 0.0304. The lowest BCUT2D eigenvalue weighted by atomic mass is 9.86. The summed E-state index contributed by atoms with van der Waals surface area (Å²) in [4.78, 5) is 2.58. The topological polar surface area (TPSA) is 27.3 Å². The number of benzene rings is 7. The third-order valence-electron chi connectivity index (χ3n) is 13.5. The van der Waals surface area contributed by atoms with Crippen LogP contribution in [0.15, 0.2) is 199 Å². The number of nitrogens with one attached hydrogen (secondary N) is 2. The first-order chi connectivity index (χ1) is 30.8. The SMILES string of the molecule is C/C=C\c1ccc(-c2ccc(C3NC(c4ccc(/C(NC(C)c5ccc(-c6ccc7ccccc7c6)cc5)=C5\C=CC=CC5C)c5ccccc45)=C4C=CCN3C4C)cc2)cc1C. The van der Waals surface area contributed by atoms with E-state index in [4.69, 9.17) is 0 Å². The van der Waals surface area contributed by atoms with Crippen LogP contribution in [0, 0.1) is 12.8 Å². The molecule has 0 radical (unpaired) electrons. The van der Waals surface area contributed by atoms with E-state index in [-0.39, 0.29) is 24.2 Å². The van der Waals surface area contributed by atoms with E-state index in [1.807, 2.05) is 0 Å². The van der Waals surface area contributed by atoms with Crippen LogP contribution in [0.5, 0.6) is 0 Å². The molecule has 0 aromatic heterocycles. The average molecular weight is 818 g/mol. The lowest BCUT2D eigenvalue weighted by Gasteiger charge is -2.45. The molecule has 7 aromatic carbocycles. The summed E-state index contributed by atoms with van der Waals surface area (Å²) in [6.07, 6.45) is 17.9. The normalized spacial score (nSPS) is 20.7. The molecule has 63 heavy (non-hydrogen) atoms. The number of hydrogen-bond donors (Lipinski definition) is 2. The first-order valence-corrected chi connectivity index (χ1v) is 22.6. The van der Waals surface area contributed by atoms with Crippen molar-refractivity contribution < 1.29 is 0 Å². The third kappa shape index (κ3) is 7.68. The average Bonchev–Trinajstić information content (AvgIpc) is 3.32. The molecule has 2 heterocycles. The molecule has 3 heteroatoms. The zero-order valence-electron chi connectivity index (χ0n) is 36.9. The van der Waals surface area contributed by atoms with Crippen molar-refractivity contribution in [3.8, 4) is 22.3 Å². The quantitative estimate of drug-likeness (QED) is 0.152. The fraction of sp³-hybridized carbons (Fsp3) is 0.167. The van der Waals surface area contributed by atoms with Crippen LogP contribution in [0.2, 0.25) is 0 Å². The Kier molecular flexibility index (Phi) is 10.9. The number of fused-ring (bicyclic) bond motifs is 4. The molecular formula is C60H55N3. The molecule has 5 atom stereocenters. The van der Waals surface area contributed by atoms with Crippen LogP contribution >= 0.6 is 0 Å². The Morgan fingerprint density at radius 3 is 2.17 bits per heavy atom. The highest BCUT2D eigenvalue weighted by Crippen LogP contribution is 2.42. The van der Waals surface area contributed by atoms with Gasteiger partial charge < -0.3 is 10.6 Å². The van der Waals surface area contributed by atoms with E-state index < -0.39 is 0 Å². The van der Waals surface area contributed by atoms with Gasteiger partial charge in [-0.1, -0.05) is 195 Å². The van der Waals surface area contributed by atoms with Crippen LogP contribution < -0.4 is 10.6 Å². The van der Waals surface area contributed by atoms with E-state index in [0.29, 0.717) is 0 Å². The fourth-order valence-electron chi connectivity index (χ4n) is 9.93. The number of hydrogen-bond acceptors (Lipinski definition) is 3. The zero-order chi connectivity index (χ0) is 43.0. The summed E-state index contributed by atoms with van der Waals surface area (Å²) in [7, 11) is 0. The highest BCUT2D eigenvalue weighted by molar-refractivity contribution is 6.01. The first-order valence-electron chi connectivity index (χ1n) is 22.6. The van der Waals surface area contributed by atoms with Gasteiger partial charge in [0.15, 0.2) is 0 Å². The van der Waals surface area contributed by atoms with E-state index >= 15 is 0 Å². The molecule has 10 rings (SSSR count). The number of nitrogens with zero attached hydrogens (tertiary/aromatic N) is 1. The maximum atomic E-state index is 4.10. The molecule has 0 spiro atoms. The van der Waals surface area contributed by atoms with Crippen LogP contribution in [0.4, 0.5) is 0 Å². The Morgan fingerprint density at radius 1 is 0.714 bits per heavy atom. The lowest BCUT2D eigenvalue weighted by molar-refractivity contribution is 0.152. The minimum Gasteiger partial charge on any atom is -0.378 e. The van der Waals surface area contributed by atoms with Crippen LogP contribution in [-0.2, 0) is 0 Å². The van der Waals surface area contributed by atoms with Crippen molar-refractivity contribution in [3.05, 3.63) is 233 Å². The summed E-state index contributed by atoms with van der Waals surface area (Å²) >= 11 is 0. The summed E-state index contributed by atoms with van der Waals surface area (Å²) in [5, 5.41) is 13.2. The molecule has 0 fully saturated rings. The third-order valence-corrected chi connectivity index (χ3v) is 13.5. The zero-order valence-corrected chi connectivity index (χ0v) is 36.9. The van der Waals surface area contributed by atoms with Gasteiger partial charge in [-0.05, 0) is 111 Å². The molecule has 0 saturated carbocycles. The molecule has 310 valence electrons. The molecule has 0 saturated heterocycles. The Morgan fingerprint density at radius 2 is 1.41 bits per heavy atom. The van der Waals surface area contributed by atoms with Gasteiger partial charge in [0.25, 0.3) is 0 Å². The Balaban J connectivity index is 0.985. The molecule has 3 aliphatic rings. The summed E-state index contributed by atoms with van der Waals surface area (Å²) in [6, 6.07) is 54.4. The molecule has 0 amide bonds. The Bertz CT molecular complexity index is 3050.